The normalized spacial score (nSPS) is 31.3. The van der Waals surface area contributed by atoms with Crippen molar-refractivity contribution in [3.05, 3.63) is 5.32 Å². The molecule has 0 bridgehead atoms. The monoisotopic (exact) mass is 99.1 g/mol. The zero-order chi connectivity index (χ0) is 5.11. The smallest absolute Gasteiger partial charge is 0.00651 e. The van der Waals surface area contributed by atoms with E-state index in [4.69, 9.17) is 0 Å². The van der Waals surface area contributed by atoms with E-state index in [-0.39, 0.29) is 0 Å². The fourth-order valence-electron chi connectivity index (χ4n) is 0.887. The lowest BCUT2D eigenvalue weighted by atomic mass is 10.3. The molecule has 0 aromatic rings. The molecule has 1 heterocycles. The Kier molecular flexibility index (Phi) is 1.65. The van der Waals surface area contributed by atoms with E-state index < -0.39 is 0 Å². The molecule has 0 saturated carbocycles. The van der Waals surface area contributed by atoms with E-state index in [1.54, 1.807) is 0 Å². The van der Waals surface area contributed by atoms with Gasteiger partial charge in [0.2, 0.25) is 0 Å². The van der Waals surface area contributed by atoms with Gasteiger partial charge in [-0.2, -0.15) is 7.05 Å². The van der Waals surface area contributed by atoms with Crippen molar-refractivity contribution in [2.75, 3.05) is 13.6 Å². The molecule has 0 radical (unpaired) electrons. The lowest BCUT2D eigenvalue weighted by Gasteiger charge is -2.21. The Hall–Kier alpha value is -0.0800. The Morgan fingerprint density at radius 1 is 1.71 bits per heavy atom. The highest BCUT2D eigenvalue weighted by molar-refractivity contribution is 4.87. The summed E-state index contributed by atoms with van der Waals surface area (Å²) in [6.45, 7) is 1.15. The second-order valence-electron chi connectivity index (χ2n) is 1.87. The SMILES string of the molecule is C[N-]C1CCCN1. The molecule has 0 aromatic heterocycles. The molecular formula is C5H11N2-. The summed E-state index contributed by atoms with van der Waals surface area (Å²) in [6.07, 6.45) is 3.00. The Balaban J connectivity index is 2.14. The van der Waals surface area contributed by atoms with Gasteiger partial charge in [-0.25, -0.2) is 0 Å². The van der Waals surface area contributed by atoms with Crippen molar-refractivity contribution in [3.8, 4) is 0 Å². The molecule has 1 unspecified atom stereocenters. The van der Waals surface area contributed by atoms with Crippen LogP contribution in [0.1, 0.15) is 12.8 Å². The minimum Gasteiger partial charge on any atom is -0.650 e. The van der Waals surface area contributed by atoms with Gasteiger partial charge >= 0.3 is 0 Å². The first-order chi connectivity index (χ1) is 3.43. The summed E-state index contributed by atoms with van der Waals surface area (Å²) >= 11 is 0. The van der Waals surface area contributed by atoms with E-state index in [1.807, 2.05) is 7.05 Å². The van der Waals surface area contributed by atoms with Crippen LogP contribution < -0.4 is 5.32 Å². The molecule has 0 amide bonds. The summed E-state index contributed by atoms with van der Waals surface area (Å²) in [6, 6.07) is 0. The third-order valence-electron chi connectivity index (χ3n) is 1.35. The lowest BCUT2D eigenvalue weighted by Crippen LogP contribution is -2.18. The number of hydrogen-bond acceptors (Lipinski definition) is 1. The van der Waals surface area contributed by atoms with Crippen molar-refractivity contribution in [3.63, 3.8) is 0 Å². The van der Waals surface area contributed by atoms with Gasteiger partial charge < -0.3 is 10.6 Å². The maximum Gasteiger partial charge on any atom is -0.00651 e. The number of nitrogens with one attached hydrogen (secondary N) is 1. The maximum absolute atomic E-state index is 4.08. The summed E-state index contributed by atoms with van der Waals surface area (Å²) in [5.41, 5.74) is 0. The topological polar surface area (TPSA) is 26.1 Å². The molecule has 1 atom stereocenters. The first kappa shape index (κ1) is 5.06. The molecule has 2 heteroatoms. The molecule has 7 heavy (non-hydrogen) atoms. The van der Waals surface area contributed by atoms with Crippen molar-refractivity contribution < 1.29 is 0 Å². The van der Waals surface area contributed by atoms with Gasteiger partial charge in [0.1, 0.15) is 0 Å². The van der Waals surface area contributed by atoms with Gasteiger partial charge in [-0.15, -0.1) is 0 Å². The van der Waals surface area contributed by atoms with Gasteiger partial charge in [-0.3, -0.25) is 0 Å². The summed E-state index contributed by atoms with van der Waals surface area (Å²) in [5, 5.41) is 7.32. The van der Waals surface area contributed by atoms with Gasteiger partial charge in [0.15, 0.2) is 0 Å². The molecule has 1 saturated heterocycles. The molecule has 1 N–H and O–H groups in total. The van der Waals surface area contributed by atoms with E-state index in [9.17, 15) is 0 Å². The minimum atomic E-state index is 0.472. The van der Waals surface area contributed by atoms with E-state index in [0.29, 0.717) is 6.17 Å². The summed E-state index contributed by atoms with van der Waals surface area (Å²) in [5.74, 6) is 0. The van der Waals surface area contributed by atoms with Crippen LogP contribution in [-0.4, -0.2) is 19.8 Å². The van der Waals surface area contributed by atoms with Crippen LogP contribution in [0.4, 0.5) is 0 Å². The van der Waals surface area contributed by atoms with Gasteiger partial charge in [-0.1, -0.05) is 12.6 Å². The van der Waals surface area contributed by atoms with Gasteiger partial charge in [0.05, 0.1) is 0 Å². The standard InChI is InChI=1S/C5H11N2/c1-6-5-3-2-4-7-5/h5,7H,2-4H2,1H3/q-1. The predicted molar refractivity (Wildman–Crippen MR) is 30.3 cm³/mol. The van der Waals surface area contributed by atoms with Crippen molar-refractivity contribution in [2.24, 2.45) is 0 Å². The van der Waals surface area contributed by atoms with E-state index in [0.717, 1.165) is 6.54 Å². The Labute approximate surface area is 44.3 Å². The molecule has 1 aliphatic rings. The third-order valence-corrected chi connectivity index (χ3v) is 1.35. The predicted octanol–water partition coefficient (Wildman–Crippen LogP) is 0.699. The first-order valence-corrected chi connectivity index (χ1v) is 2.76. The van der Waals surface area contributed by atoms with Crippen LogP contribution in [0, 0.1) is 0 Å². The fourth-order valence-corrected chi connectivity index (χ4v) is 0.887. The van der Waals surface area contributed by atoms with Crippen LogP contribution >= 0.6 is 0 Å². The first-order valence-electron chi connectivity index (χ1n) is 2.76. The molecule has 0 aromatic carbocycles. The molecule has 0 spiro atoms. The van der Waals surface area contributed by atoms with Crippen molar-refractivity contribution in [1.29, 1.82) is 0 Å². The molecule has 0 aliphatic carbocycles. The highest BCUT2D eigenvalue weighted by Crippen LogP contribution is 2.07. The second-order valence-corrected chi connectivity index (χ2v) is 1.87. The van der Waals surface area contributed by atoms with Crippen LogP contribution in [0.2, 0.25) is 0 Å². The van der Waals surface area contributed by atoms with Crippen molar-refractivity contribution >= 4 is 0 Å². The van der Waals surface area contributed by atoms with E-state index >= 15 is 0 Å². The van der Waals surface area contributed by atoms with Gasteiger partial charge in [-0.05, 0) is 13.0 Å². The van der Waals surface area contributed by atoms with Crippen molar-refractivity contribution in [1.82, 2.24) is 5.32 Å². The maximum atomic E-state index is 4.08. The zero-order valence-corrected chi connectivity index (χ0v) is 4.65. The Morgan fingerprint density at radius 3 is 2.86 bits per heavy atom. The summed E-state index contributed by atoms with van der Waals surface area (Å²) in [4.78, 5) is 0. The second kappa shape index (κ2) is 2.28. The lowest BCUT2D eigenvalue weighted by molar-refractivity contribution is 0.699. The van der Waals surface area contributed by atoms with Crippen LogP contribution in [0.3, 0.4) is 0 Å². The fraction of sp³-hybridized carbons (Fsp3) is 1.00. The quantitative estimate of drug-likeness (QED) is 0.514. The van der Waals surface area contributed by atoms with E-state index in [1.165, 1.54) is 12.8 Å². The van der Waals surface area contributed by atoms with E-state index in [2.05, 4.69) is 10.6 Å². The molecule has 2 nitrogen and oxygen atoms in total. The average molecular weight is 99.2 g/mol. The third kappa shape index (κ3) is 1.14. The van der Waals surface area contributed by atoms with Gasteiger partial charge in [0, 0.05) is 0 Å². The Bertz CT molecular complexity index is 48.0. The minimum absolute atomic E-state index is 0.472. The number of rotatable bonds is 1. The molecule has 1 aliphatic heterocycles. The summed E-state index contributed by atoms with van der Waals surface area (Å²) in [7, 11) is 1.86. The average Bonchev–Trinajstić information content (AvgIpc) is 2.14. The van der Waals surface area contributed by atoms with Crippen molar-refractivity contribution in [2.45, 2.75) is 19.0 Å². The van der Waals surface area contributed by atoms with Crippen LogP contribution in [0.25, 0.3) is 5.32 Å². The molecule has 1 fully saturated rings. The highest BCUT2D eigenvalue weighted by Gasteiger charge is 2.01. The zero-order valence-electron chi connectivity index (χ0n) is 4.65. The van der Waals surface area contributed by atoms with Crippen LogP contribution in [0.15, 0.2) is 0 Å². The number of hydrogen-bond donors (Lipinski definition) is 1. The van der Waals surface area contributed by atoms with Crippen LogP contribution in [-0.2, 0) is 0 Å². The highest BCUT2D eigenvalue weighted by atomic mass is 15.1. The number of nitrogens with zero attached hydrogens (tertiary/aromatic N) is 1. The Morgan fingerprint density at radius 2 is 2.57 bits per heavy atom. The largest absolute Gasteiger partial charge is 0.650 e. The van der Waals surface area contributed by atoms with Gasteiger partial charge in [0.25, 0.3) is 0 Å². The molecule has 1 rings (SSSR count). The molecular weight excluding hydrogens is 88.1 g/mol. The summed E-state index contributed by atoms with van der Waals surface area (Å²) < 4.78 is 0. The molecule has 42 valence electrons. The van der Waals surface area contributed by atoms with Crippen LogP contribution in [0.5, 0.6) is 0 Å².